The topological polar surface area (TPSA) is 25.8 Å². The molecule has 0 amide bonds. The number of rotatable bonds is 5. The van der Waals surface area contributed by atoms with Gasteiger partial charge in [0.05, 0.1) is 0 Å². The van der Waals surface area contributed by atoms with Gasteiger partial charge < -0.3 is 0 Å². The van der Waals surface area contributed by atoms with E-state index in [-0.39, 0.29) is 0 Å². The SMILES string of the molecule is FC(F)=CCCSc1snnc1-c1ccc(Cl)cc1. The fraction of sp³-hybridized carbons (Fsp3) is 0.167. The summed E-state index contributed by atoms with van der Waals surface area (Å²) in [7, 11) is 0. The van der Waals surface area contributed by atoms with E-state index in [0.29, 0.717) is 17.2 Å². The van der Waals surface area contributed by atoms with Gasteiger partial charge in [-0.3, -0.25) is 0 Å². The van der Waals surface area contributed by atoms with Crippen LogP contribution >= 0.6 is 34.9 Å². The van der Waals surface area contributed by atoms with Crippen molar-refractivity contribution in [2.24, 2.45) is 0 Å². The zero-order valence-electron chi connectivity index (χ0n) is 9.65. The second-order valence-corrected chi connectivity index (χ2v) is 6.10. The number of benzene rings is 1. The summed E-state index contributed by atoms with van der Waals surface area (Å²) in [5, 5.41) is 4.73. The molecule has 2 aromatic rings. The van der Waals surface area contributed by atoms with E-state index >= 15 is 0 Å². The molecule has 0 aliphatic carbocycles. The molecular formula is C12H9ClF2N2S2. The summed E-state index contributed by atoms with van der Waals surface area (Å²) in [6.07, 6.45) is -0.394. The Morgan fingerprint density at radius 1 is 1.32 bits per heavy atom. The number of thioether (sulfide) groups is 1. The summed E-state index contributed by atoms with van der Waals surface area (Å²) in [5.74, 6) is 0.571. The first-order chi connectivity index (χ1) is 9.16. The van der Waals surface area contributed by atoms with Gasteiger partial charge in [0.2, 0.25) is 0 Å². The van der Waals surface area contributed by atoms with E-state index in [1.807, 2.05) is 12.1 Å². The van der Waals surface area contributed by atoms with Gasteiger partial charge in [0.25, 0.3) is 6.08 Å². The maximum Gasteiger partial charge on any atom is 0.266 e. The first-order valence-corrected chi connectivity index (χ1v) is 7.53. The van der Waals surface area contributed by atoms with Gasteiger partial charge in [0.15, 0.2) is 0 Å². The molecule has 1 aromatic carbocycles. The predicted molar refractivity (Wildman–Crippen MR) is 76.0 cm³/mol. The third-order valence-corrected chi connectivity index (χ3v) is 4.47. The lowest BCUT2D eigenvalue weighted by Gasteiger charge is -2.00. The molecule has 0 saturated carbocycles. The third-order valence-electron chi connectivity index (χ3n) is 2.23. The van der Waals surface area contributed by atoms with Crippen molar-refractivity contribution in [1.82, 2.24) is 9.59 Å². The Kier molecular flexibility index (Phi) is 5.30. The van der Waals surface area contributed by atoms with Crippen LogP contribution < -0.4 is 0 Å². The fourth-order valence-electron chi connectivity index (χ4n) is 1.38. The van der Waals surface area contributed by atoms with E-state index in [1.54, 1.807) is 12.1 Å². The van der Waals surface area contributed by atoms with Gasteiger partial charge in [-0.2, -0.15) is 8.78 Å². The molecule has 2 nitrogen and oxygen atoms in total. The second kappa shape index (κ2) is 6.98. The average molecular weight is 319 g/mol. The Hall–Kier alpha value is -0.980. The highest BCUT2D eigenvalue weighted by Gasteiger charge is 2.10. The highest BCUT2D eigenvalue weighted by molar-refractivity contribution is 8.01. The van der Waals surface area contributed by atoms with Crippen molar-refractivity contribution in [2.45, 2.75) is 10.6 Å². The van der Waals surface area contributed by atoms with Gasteiger partial charge in [-0.25, -0.2) is 0 Å². The molecule has 1 heterocycles. The minimum atomic E-state index is -1.64. The molecule has 0 unspecified atom stereocenters. The summed E-state index contributed by atoms with van der Waals surface area (Å²) in [6, 6.07) is 7.30. The normalized spacial score (nSPS) is 10.5. The van der Waals surface area contributed by atoms with Crippen LogP contribution in [0.15, 0.2) is 40.6 Å². The van der Waals surface area contributed by atoms with Crippen molar-refractivity contribution in [3.63, 3.8) is 0 Å². The molecule has 7 heteroatoms. The molecule has 0 fully saturated rings. The number of halogens is 3. The Morgan fingerprint density at radius 3 is 2.74 bits per heavy atom. The molecule has 0 N–H and O–H groups in total. The largest absolute Gasteiger partial charge is 0.266 e. The van der Waals surface area contributed by atoms with Crippen LogP contribution in [-0.2, 0) is 0 Å². The highest BCUT2D eigenvalue weighted by atomic mass is 35.5. The number of aromatic nitrogens is 2. The lowest BCUT2D eigenvalue weighted by Crippen LogP contribution is -1.82. The molecule has 0 aliphatic rings. The maximum atomic E-state index is 11.9. The Labute approximate surface area is 122 Å². The van der Waals surface area contributed by atoms with Gasteiger partial charge in [-0.1, -0.05) is 28.2 Å². The van der Waals surface area contributed by atoms with E-state index < -0.39 is 6.08 Å². The minimum absolute atomic E-state index is 0.324. The Balaban J connectivity index is 2.05. The third kappa shape index (κ3) is 4.26. The van der Waals surface area contributed by atoms with Gasteiger partial charge in [-0.05, 0) is 36.2 Å². The molecule has 2 rings (SSSR count). The quantitative estimate of drug-likeness (QED) is 0.565. The lowest BCUT2D eigenvalue weighted by molar-refractivity contribution is 0.418. The number of hydrogen-bond donors (Lipinski definition) is 0. The van der Waals surface area contributed by atoms with Crippen molar-refractivity contribution in [3.05, 3.63) is 41.4 Å². The fourth-order valence-corrected chi connectivity index (χ4v) is 3.23. The standard InChI is InChI=1S/C12H9ClF2N2S2/c13-9-5-3-8(4-6-9)11-12(19-17-16-11)18-7-1-2-10(14)15/h2-6H,1,7H2. The second-order valence-electron chi connectivity index (χ2n) is 3.55. The van der Waals surface area contributed by atoms with Crippen molar-refractivity contribution in [1.29, 1.82) is 0 Å². The summed E-state index contributed by atoms with van der Waals surface area (Å²) in [4.78, 5) is 0. The first kappa shape index (κ1) is 14.4. The van der Waals surface area contributed by atoms with Crippen LogP contribution in [0, 0.1) is 0 Å². The summed E-state index contributed by atoms with van der Waals surface area (Å²) >= 11 is 8.57. The van der Waals surface area contributed by atoms with Crippen molar-refractivity contribution in [2.75, 3.05) is 5.75 Å². The number of hydrogen-bond acceptors (Lipinski definition) is 4. The van der Waals surface area contributed by atoms with E-state index in [2.05, 4.69) is 9.59 Å². The Bertz CT molecular complexity index is 565. The van der Waals surface area contributed by atoms with E-state index in [4.69, 9.17) is 11.6 Å². The molecule has 0 saturated heterocycles. The van der Waals surface area contributed by atoms with Gasteiger partial charge in [0, 0.05) is 16.3 Å². The monoisotopic (exact) mass is 318 g/mol. The highest BCUT2D eigenvalue weighted by Crippen LogP contribution is 2.33. The predicted octanol–water partition coefficient (Wildman–Crippen LogP) is 5.12. The number of nitrogens with zero attached hydrogens (tertiary/aromatic N) is 2. The molecule has 0 spiro atoms. The van der Waals surface area contributed by atoms with Crippen molar-refractivity contribution < 1.29 is 8.78 Å². The van der Waals surface area contributed by atoms with Crippen molar-refractivity contribution in [3.8, 4) is 11.3 Å². The molecule has 100 valence electrons. The van der Waals surface area contributed by atoms with Crippen LogP contribution in [0.3, 0.4) is 0 Å². The van der Waals surface area contributed by atoms with Gasteiger partial charge >= 0.3 is 0 Å². The van der Waals surface area contributed by atoms with Crippen LogP contribution in [0.4, 0.5) is 8.78 Å². The van der Waals surface area contributed by atoms with E-state index in [9.17, 15) is 8.78 Å². The maximum absolute atomic E-state index is 11.9. The zero-order valence-corrected chi connectivity index (χ0v) is 12.0. The molecule has 0 atom stereocenters. The summed E-state index contributed by atoms with van der Waals surface area (Å²) in [6.45, 7) is 0. The average Bonchev–Trinajstić information content (AvgIpc) is 2.84. The molecule has 1 aromatic heterocycles. The lowest BCUT2D eigenvalue weighted by atomic mass is 10.2. The summed E-state index contributed by atoms with van der Waals surface area (Å²) in [5.41, 5.74) is 1.70. The smallest absolute Gasteiger partial charge is 0.174 e. The molecule has 0 bridgehead atoms. The van der Waals surface area contributed by atoms with Crippen LogP contribution in [0.5, 0.6) is 0 Å². The summed E-state index contributed by atoms with van der Waals surface area (Å²) < 4.78 is 28.6. The Morgan fingerprint density at radius 2 is 2.05 bits per heavy atom. The molecule has 19 heavy (non-hydrogen) atoms. The minimum Gasteiger partial charge on any atom is -0.174 e. The van der Waals surface area contributed by atoms with Crippen LogP contribution in [0.1, 0.15) is 6.42 Å². The van der Waals surface area contributed by atoms with Gasteiger partial charge in [0.1, 0.15) is 9.90 Å². The first-order valence-electron chi connectivity index (χ1n) is 5.39. The zero-order chi connectivity index (χ0) is 13.7. The van der Waals surface area contributed by atoms with Crippen LogP contribution in [-0.4, -0.2) is 15.3 Å². The number of allylic oxidation sites excluding steroid dienone is 1. The van der Waals surface area contributed by atoms with Crippen LogP contribution in [0.25, 0.3) is 11.3 Å². The van der Waals surface area contributed by atoms with Crippen molar-refractivity contribution >= 4 is 34.9 Å². The van der Waals surface area contributed by atoms with Crippen LogP contribution in [0.2, 0.25) is 5.02 Å². The van der Waals surface area contributed by atoms with Gasteiger partial charge in [-0.15, -0.1) is 16.9 Å². The molecule has 0 aliphatic heterocycles. The molecular weight excluding hydrogens is 310 g/mol. The molecule has 0 radical (unpaired) electrons. The van der Waals surface area contributed by atoms with E-state index in [0.717, 1.165) is 21.5 Å². The van der Waals surface area contributed by atoms with E-state index in [1.165, 1.54) is 23.3 Å².